The fourth-order valence-corrected chi connectivity index (χ4v) is 5.17. The number of nitrogens with zero attached hydrogens (tertiary/aromatic N) is 2. The second-order valence-corrected chi connectivity index (χ2v) is 10.9. The molecule has 1 heterocycles. The van der Waals surface area contributed by atoms with Crippen LogP contribution in [0.2, 0.25) is 0 Å². The number of sulfonamides is 1. The molecule has 0 unspecified atom stereocenters. The zero-order valence-electron chi connectivity index (χ0n) is 19.3. The van der Waals surface area contributed by atoms with Gasteiger partial charge in [-0.3, -0.25) is 20.4 Å². The number of hydrogen-bond donors (Lipinski definition) is 2. The normalized spacial score (nSPS) is 11.3. The van der Waals surface area contributed by atoms with Crippen LogP contribution in [0.1, 0.15) is 27.0 Å². The Morgan fingerprint density at radius 2 is 1.65 bits per heavy atom. The van der Waals surface area contributed by atoms with Gasteiger partial charge in [0.15, 0.2) is 0 Å². The van der Waals surface area contributed by atoms with Crippen molar-refractivity contribution in [3.63, 3.8) is 0 Å². The minimum absolute atomic E-state index is 0.0842. The second kappa shape index (κ2) is 10.8. The second-order valence-electron chi connectivity index (χ2n) is 7.80. The third-order valence-electron chi connectivity index (χ3n) is 4.98. The minimum atomic E-state index is -3.84. The van der Waals surface area contributed by atoms with Gasteiger partial charge in [0.1, 0.15) is 5.03 Å². The number of amides is 2. The Hall–Kier alpha value is -3.21. The van der Waals surface area contributed by atoms with Crippen LogP contribution in [0.4, 0.5) is 0 Å². The van der Waals surface area contributed by atoms with Gasteiger partial charge in [-0.05, 0) is 62.2 Å². The zero-order valence-corrected chi connectivity index (χ0v) is 21.0. The molecule has 3 aromatic rings. The van der Waals surface area contributed by atoms with Gasteiger partial charge in [-0.25, -0.2) is 13.4 Å². The summed E-state index contributed by atoms with van der Waals surface area (Å²) in [5.41, 5.74) is 7.97. The molecule has 10 heteroatoms. The molecule has 8 nitrogen and oxygen atoms in total. The first-order valence-electron chi connectivity index (χ1n) is 10.4. The van der Waals surface area contributed by atoms with Gasteiger partial charge >= 0.3 is 0 Å². The van der Waals surface area contributed by atoms with Gasteiger partial charge in [0.05, 0.1) is 17.0 Å². The quantitative estimate of drug-likeness (QED) is 0.484. The highest BCUT2D eigenvalue weighted by atomic mass is 32.2. The van der Waals surface area contributed by atoms with Crippen molar-refractivity contribution in [2.24, 2.45) is 0 Å². The van der Waals surface area contributed by atoms with E-state index in [-0.39, 0.29) is 10.5 Å². The molecule has 34 heavy (non-hydrogen) atoms. The van der Waals surface area contributed by atoms with Crippen LogP contribution in [0.5, 0.6) is 0 Å². The Bertz CT molecular complexity index is 1310. The van der Waals surface area contributed by atoms with E-state index in [1.807, 2.05) is 39.0 Å². The number of hydrogen-bond acceptors (Lipinski definition) is 6. The predicted molar refractivity (Wildman–Crippen MR) is 131 cm³/mol. The molecule has 0 fully saturated rings. The first kappa shape index (κ1) is 25.4. The first-order chi connectivity index (χ1) is 16.1. The third kappa shape index (κ3) is 6.22. The lowest BCUT2D eigenvalue weighted by atomic mass is 10.2. The highest BCUT2D eigenvalue weighted by Gasteiger charge is 2.23. The van der Waals surface area contributed by atoms with Crippen molar-refractivity contribution in [3.8, 4) is 0 Å². The number of hydrazine groups is 1. The number of benzene rings is 2. The van der Waals surface area contributed by atoms with Gasteiger partial charge in [-0.1, -0.05) is 41.6 Å². The standard InChI is InChI=1S/C24H26N4O4S2/c1-16-8-11-19(12-9-16)34(31,32)28(4)15-22(29)26-27-23(30)20-6-5-13-25-24(20)33-21-14-17(2)7-10-18(21)3/h5-14H,15H2,1-4H3,(H,26,29)(H,27,30). The maximum atomic E-state index is 12.7. The van der Waals surface area contributed by atoms with E-state index in [9.17, 15) is 18.0 Å². The lowest BCUT2D eigenvalue weighted by Gasteiger charge is -2.17. The van der Waals surface area contributed by atoms with E-state index in [1.165, 1.54) is 30.9 Å². The van der Waals surface area contributed by atoms with E-state index >= 15 is 0 Å². The summed E-state index contributed by atoms with van der Waals surface area (Å²) < 4.78 is 26.2. The number of likely N-dealkylation sites (N-methyl/N-ethyl adjacent to an activating group) is 1. The van der Waals surface area contributed by atoms with E-state index < -0.39 is 28.4 Å². The average molecular weight is 499 g/mol. The molecule has 0 saturated heterocycles. The molecule has 178 valence electrons. The highest BCUT2D eigenvalue weighted by molar-refractivity contribution is 7.99. The summed E-state index contributed by atoms with van der Waals surface area (Å²) in [7, 11) is -2.54. The fourth-order valence-electron chi connectivity index (χ4n) is 2.98. The summed E-state index contributed by atoms with van der Waals surface area (Å²) in [4.78, 5) is 30.4. The molecule has 2 aromatic carbocycles. The number of carbonyl (C=O) groups is 2. The number of rotatable bonds is 7. The van der Waals surface area contributed by atoms with E-state index in [2.05, 4.69) is 15.8 Å². The van der Waals surface area contributed by atoms with Crippen LogP contribution in [-0.4, -0.2) is 43.1 Å². The predicted octanol–water partition coefficient (Wildman–Crippen LogP) is 3.24. The molecule has 0 aliphatic heterocycles. The number of aryl methyl sites for hydroxylation is 3. The Morgan fingerprint density at radius 3 is 2.35 bits per heavy atom. The molecular formula is C24H26N4O4S2. The lowest BCUT2D eigenvalue weighted by Crippen LogP contribution is -2.46. The molecule has 0 bridgehead atoms. The Labute approximate surface area is 203 Å². The number of carbonyl (C=O) groups excluding carboxylic acids is 2. The van der Waals surface area contributed by atoms with Crippen molar-refractivity contribution in [2.45, 2.75) is 35.6 Å². The molecule has 0 saturated carbocycles. The summed E-state index contributed by atoms with van der Waals surface area (Å²) in [5.74, 6) is -1.24. The van der Waals surface area contributed by atoms with Crippen molar-refractivity contribution in [2.75, 3.05) is 13.6 Å². The summed E-state index contributed by atoms with van der Waals surface area (Å²) in [6.07, 6.45) is 1.59. The van der Waals surface area contributed by atoms with Crippen molar-refractivity contribution in [1.82, 2.24) is 20.1 Å². The topological polar surface area (TPSA) is 108 Å². The molecule has 1 aromatic heterocycles. The van der Waals surface area contributed by atoms with Gasteiger partial charge in [-0.15, -0.1) is 0 Å². The molecule has 0 aliphatic carbocycles. The molecule has 0 spiro atoms. The maximum Gasteiger partial charge on any atom is 0.272 e. The molecule has 2 N–H and O–H groups in total. The SMILES string of the molecule is Cc1ccc(S(=O)(=O)N(C)CC(=O)NNC(=O)c2cccnc2Sc2cc(C)ccc2C)cc1. The third-order valence-corrected chi connectivity index (χ3v) is 7.97. The first-order valence-corrected chi connectivity index (χ1v) is 12.7. The summed E-state index contributed by atoms with van der Waals surface area (Å²) in [6.45, 7) is 5.35. The monoisotopic (exact) mass is 498 g/mol. The summed E-state index contributed by atoms with van der Waals surface area (Å²) >= 11 is 1.36. The molecule has 0 atom stereocenters. The van der Waals surface area contributed by atoms with Crippen LogP contribution >= 0.6 is 11.8 Å². The molecule has 2 amide bonds. The lowest BCUT2D eigenvalue weighted by molar-refractivity contribution is -0.121. The Kier molecular flexibility index (Phi) is 8.08. The van der Waals surface area contributed by atoms with Crippen LogP contribution in [0.15, 0.2) is 75.6 Å². The number of nitrogens with one attached hydrogen (secondary N) is 2. The minimum Gasteiger partial charge on any atom is -0.272 e. The van der Waals surface area contributed by atoms with E-state index in [4.69, 9.17) is 0 Å². The zero-order chi connectivity index (χ0) is 24.9. The van der Waals surface area contributed by atoms with Crippen LogP contribution in [0.3, 0.4) is 0 Å². The van der Waals surface area contributed by atoms with Crippen LogP contribution < -0.4 is 10.9 Å². The van der Waals surface area contributed by atoms with Gasteiger partial charge in [-0.2, -0.15) is 4.31 Å². The van der Waals surface area contributed by atoms with Crippen molar-refractivity contribution >= 4 is 33.6 Å². The summed E-state index contributed by atoms with van der Waals surface area (Å²) in [6, 6.07) is 15.6. The van der Waals surface area contributed by atoms with Crippen molar-refractivity contribution in [1.29, 1.82) is 0 Å². The van der Waals surface area contributed by atoms with Crippen molar-refractivity contribution < 1.29 is 18.0 Å². The van der Waals surface area contributed by atoms with E-state index in [1.54, 1.807) is 30.5 Å². The maximum absolute atomic E-state index is 12.7. The average Bonchev–Trinajstić information content (AvgIpc) is 2.80. The van der Waals surface area contributed by atoms with E-state index in [0.717, 1.165) is 25.9 Å². The summed E-state index contributed by atoms with van der Waals surface area (Å²) in [5, 5.41) is 0.488. The van der Waals surface area contributed by atoms with Gasteiger partial charge in [0.25, 0.3) is 11.8 Å². The highest BCUT2D eigenvalue weighted by Crippen LogP contribution is 2.31. The van der Waals surface area contributed by atoms with Gasteiger partial charge in [0, 0.05) is 18.1 Å². The fraction of sp³-hybridized carbons (Fsp3) is 0.208. The van der Waals surface area contributed by atoms with Gasteiger partial charge < -0.3 is 0 Å². The number of pyridine rings is 1. The van der Waals surface area contributed by atoms with Crippen LogP contribution in [-0.2, 0) is 14.8 Å². The Morgan fingerprint density at radius 1 is 0.971 bits per heavy atom. The molecule has 0 radical (unpaired) electrons. The molecule has 0 aliphatic rings. The molecular weight excluding hydrogens is 472 g/mol. The van der Waals surface area contributed by atoms with Crippen molar-refractivity contribution in [3.05, 3.63) is 83.0 Å². The van der Waals surface area contributed by atoms with E-state index in [0.29, 0.717) is 5.03 Å². The largest absolute Gasteiger partial charge is 0.272 e. The van der Waals surface area contributed by atoms with Crippen LogP contribution in [0.25, 0.3) is 0 Å². The smallest absolute Gasteiger partial charge is 0.272 e. The number of aromatic nitrogens is 1. The Balaban J connectivity index is 1.64. The van der Waals surface area contributed by atoms with Gasteiger partial charge in [0.2, 0.25) is 10.0 Å². The van der Waals surface area contributed by atoms with Crippen LogP contribution in [0, 0.1) is 20.8 Å². The molecule has 3 rings (SSSR count).